The highest BCUT2D eigenvalue weighted by Crippen LogP contribution is 2.47. The lowest BCUT2D eigenvalue weighted by molar-refractivity contribution is 0.0267. The highest BCUT2D eigenvalue weighted by atomic mass is 16.5. The summed E-state index contributed by atoms with van der Waals surface area (Å²) >= 11 is 0. The predicted octanol–water partition coefficient (Wildman–Crippen LogP) is 4.82. The number of fused-ring (bicyclic) bond motifs is 1. The smallest absolute Gasteiger partial charge is 0.144 e. The summed E-state index contributed by atoms with van der Waals surface area (Å²) in [6, 6.07) is 27.7. The zero-order valence-corrected chi connectivity index (χ0v) is 12.6. The lowest BCUT2D eigenvalue weighted by Gasteiger charge is -2.31. The fourth-order valence-electron chi connectivity index (χ4n) is 3.40. The Morgan fingerprint density at radius 1 is 0.773 bits per heavy atom. The molecule has 0 aliphatic carbocycles. The normalized spacial score (nSPS) is 15.5. The van der Waals surface area contributed by atoms with Crippen LogP contribution in [0, 0.1) is 6.92 Å². The van der Waals surface area contributed by atoms with Gasteiger partial charge in [0.1, 0.15) is 5.60 Å². The number of hydrogen-bond donors (Lipinski definition) is 0. The zero-order chi connectivity index (χ0) is 15.0. The van der Waals surface area contributed by atoms with E-state index in [-0.39, 0.29) is 0 Å². The molecule has 1 heteroatoms. The Morgan fingerprint density at radius 2 is 1.36 bits per heavy atom. The van der Waals surface area contributed by atoms with E-state index in [1.54, 1.807) is 0 Å². The Hall–Kier alpha value is -2.38. The van der Waals surface area contributed by atoms with Crippen LogP contribution in [0.2, 0.25) is 0 Å². The molecule has 0 radical (unpaired) electrons. The number of ether oxygens (including phenoxy) is 1. The van der Waals surface area contributed by atoms with Gasteiger partial charge in [0.25, 0.3) is 0 Å². The molecule has 3 aromatic carbocycles. The number of aryl methyl sites for hydroxylation is 1. The van der Waals surface area contributed by atoms with Crippen molar-refractivity contribution in [2.24, 2.45) is 0 Å². The zero-order valence-electron chi connectivity index (χ0n) is 12.6. The second kappa shape index (κ2) is 5.11. The minimum absolute atomic E-state index is 0.496. The molecule has 4 rings (SSSR count). The second-order valence-corrected chi connectivity index (χ2v) is 5.86. The lowest BCUT2D eigenvalue weighted by Crippen LogP contribution is -2.28. The molecule has 22 heavy (non-hydrogen) atoms. The van der Waals surface area contributed by atoms with Gasteiger partial charge in [-0.05, 0) is 29.2 Å². The average Bonchev–Trinajstić information content (AvgIpc) is 2.96. The van der Waals surface area contributed by atoms with Gasteiger partial charge in [-0.15, -0.1) is 0 Å². The summed E-state index contributed by atoms with van der Waals surface area (Å²) in [5.74, 6) is 0. The molecule has 0 fully saturated rings. The summed E-state index contributed by atoms with van der Waals surface area (Å²) in [6.07, 6.45) is 0. The minimum Gasteiger partial charge on any atom is -0.356 e. The molecule has 0 saturated carbocycles. The van der Waals surface area contributed by atoms with Crippen LogP contribution in [0.25, 0.3) is 0 Å². The van der Waals surface area contributed by atoms with Crippen molar-refractivity contribution >= 4 is 0 Å². The molecule has 0 spiro atoms. The summed E-state index contributed by atoms with van der Waals surface area (Å²) in [5.41, 5.74) is 5.68. The molecular formula is C21H18O. The molecule has 1 aliphatic heterocycles. The first-order valence-corrected chi connectivity index (χ1v) is 7.66. The maximum atomic E-state index is 6.44. The van der Waals surface area contributed by atoms with Crippen LogP contribution < -0.4 is 0 Å². The van der Waals surface area contributed by atoms with Crippen molar-refractivity contribution < 1.29 is 4.74 Å². The molecule has 0 unspecified atom stereocenters. The van der Waals surface area contributed by atoms with Crippen LogP contribution in [0.1, 0.15) is 27.8 Å². The largest absolute Gasteiger partial charge is 0.356 e. The van der Waals surface area contributed by atoms with Crippen LogP contribution in [0.5, 0.6) is 0 Å². The highest BCUT2D eigenvalue weighted by Gasteiger charge is 2.43. The molecule has 1 heterocycles. The molecule has 0 amide bonds. The fraction of sp³-hybridized carbons (Fsp3) is 0.143. The molecule has 1 aliphatic rings. The van der Waals surface area contributed by atoms with Crippen LogP contribution >= 0.6 is 0 Å². The van der Waals surface area contributed by atoms with Gasteiger partial charge < -0.3 is 4.74 Å². The van der Waals surface area contributed by atoms with Crippen molar-refractivity contribution in [1.82, 2.24) is 0 Å². The monoisotopic (exact) mass is 286 g/mol. The number of rotatable bonds is 2. The summed E-state index contributed by atoms with van der Waals surface area (Å²) in [4.78, 5) is 0. The Balaban J connectivity index is 2.03. The standard InChI is InChI=1S/C21H18O/c1-16-12-13-17-15-22-21(20(17)14-16,18-8-4-2-5-9-18)19-10-6-3-7-11-19/h2-14H,15H2,1H3. The Labute approximate surface area is 131 Å². The number of benzene rings is 3. The van der Waals surface area contributed by atoms with Gasteiger partial charge in [0.15, 0.2) is 0 Å². The predicted molar refractivity (Wildman–Crippen MR) is 88.7 cm³/mol. The molecule has 3 aromatic rings. The maximum absolute atomic E-state index is 6.44. The van der Waals surface area contributed by atoms with E-state index in [1.165, 1.54) is 27.8 Å². The van der Waals surface area contributed by atoms with Gasteiger partial charge in [0.05, 0.1) is 6.61 Å². The third kappa shape index (κ3) is 1.90. The third-order valence-electron chi connectivity index (χ3n) is 4.45. The van der Waals surface area contributed by atoms with Gasteiger partial charge in [0, 0.05) is 0 Å². The summed E-state index contributed by atoms with van der Waals surface area (Å²) < 4.78 is 6.44. The highest BCUT2D eigenvalue weighted by molar-refractivity contribution is 5.53. The summed E-state index contributed by atoms with van der Waals surface area (Å²) in [7, 11) is 0. The van der Waals surface area contributed by atoms with E-state index in [4.69, 9.17) is 4.74 Å². The quantitative estimate of drug-likeness (QED) is 0.656. The summed E-state index contributed by atoms with van der Waals surface area (Å²) in [6.45, 7) is 2.79. The van der Waals surface area contributed by atoms with Crippen LogP contribution in [0.3, 0.4) is 0 Å². The maximum Gasteiger partial charge on any atom is 0.144 e. The van der Waals surface area contributed by atoms with Gasteiger partial charge in [-0.3, -0.25) is 0 Å². The van der Waals surface area contributed by atoms with Crippen molar-refractivity contribution in [3.63, 3.8) is 0 Å². The lowest BCUT2D eigenvalue weighted by atomic mass is 9.79. The van der Waals surface area contributed by atoms with Crippen LogP contribution in [-0.4, -0.2) is 0 Å². The van der Waals surface area contributed by atoms with Gasteiger partial charge in [0.2, 0.25) is 0 Å². The van der Waals surface area contributed by atoms with E-state index < -0.39 is 5.60 Å². The van der Waals surface area contributed by atoms with Gasteiger partial charge in [-0.2, -0.15) is 0 Å². The first kappa shape index (κ1) is 13.3. The van der Waals surface area contributed by atoms with Crippen LogP contribution in [-0.2, 0) is 16.9 Å². The summed E-state index contributed by atoms with van der Waals surface area (Å²) in [5, 5.41) is 0. The van der Waals surface area contributed by atoms with Gasteiger partial charge >= 0.3 is 0 Å². The first-order valence-electron chi connectivity index (χ1n) is 7.66. The Kier molecular flexibility index (Phi) is 3.09. The van der Waals surface area contributed by atoms with E-state index in [1.807, 2.05) is 12.1 Å². The molecule has 1 nitrogen and oxygen atoms in total. The number of hydrogen-bond acceptors (Lipinski definition) is 1. The molecule has 0 bridgehead atoms. The SMILES string of the molecule is Cc1ccc2c(c1)C(c1ccccc1)(c1ccccc1)OC2. The third-order valence-corrected chi connectivity index (χ3v) is 4.45. The molecular weight excluding hydrogens is 268 g/mol. The molecule has 0 atom stereocenters. The van der Waals surface area contributed by atoms with Crippen molar-refractivity contribution in [1.29, 1.82) is 0 Å². The molecule has 0 N–H and O–H groups in total. The van der Waals surface area contributed by atoms with E-state index in [0.29, 0.717) is 6.61 Å². The van der Waals surface area contributed by atoms with E-state index in [9.17, 15) is 0 Å². The van der Waals surface area contributed by atoms with Crippen molar-refractivity contribution in [2.75, 3.05) is 0 Å². The molecule has 0 aromatic heterocycles. The Bertz CT molecular complexity index is 751. The molecule has 108 valence electrons. The minimum atomic E-state index is -0.496. The van der Waals surface area contributed by atoms with Crippen molar-refractivity contribution in [2.45, 2.75) is 19.1 Å². The topological polar surface area (TPSA) is 9.23 Å². The second-order valence-electron chi connectivity index (χ2n) is 5.86. The van der Waals surface area contributed by atoms with Crippen molar-refractivity contribution in [3.8, 4) is 0 Å². The average molecular weight is 286 g/mol. The molecule has 0 saturated heterocycles. The van der Waals surface area contributed by atoms with E-state index >= 15 is 0 Å². The van der Waals surface area contributed by atoms with Crippen LogP contribution in [0.4, 0.5) is 0 Å². The van der Waals surface area contributed by atoms with Crippen LogP contribution in [0.15, 0.2) is 78.9 Å². The van der Waals surface area contributed by atoms with E-state index in [0.717, 1.165) is 0 Å². The first-order chi connectivity index (χ1) is 10.8. The van der Waals surface area contributed by atoms with Gasteiger partial charge in [-0.25, -0.2) is 0 Å². The fourth-order valence-corrected chi connectivity index (χ4v) is 3.40. The van der Waals surface area contributed by atoms with Gasteiger partial charge in [-0.1, -0.05) is 84.4 Å². The Morgan fingerprint density at radius 3 is 1.95 bits per heavy atom. The van der Waals surface area contributed by atoms with Crippen molar-refractivity contribution in [3.05, 3.63) is 107 Å². The van der Waals surface area contributed by atoms with E-state index in [2.05, 4.69) is 73.7 Å².